The predicted molar refractivity (Wildman–Crippen MR) is 74.0 cm³/mol. The molecule has 2 aliphatic heterocycles. The molecule has 1 N–H and O–H groups in total. The minimum atomic E-state index is 0.455. The highest BCUT2D eigenvalue weighted by Crippen LogP contribution is 2.27. The van der Waals surface area contributed by atoms with Crippen molar-refractivity contribution in [2.45, 2.75) is 52.0 Å². The fourth-order valence-electron chi connectivity index (χ4n) is 3.13. The van der Waals surface area contributed by atoms with Gasteiger partial charge in [0.25, 0.3) is 0 Å². The number of morpholine rings is 1. The molecule has 2 atom stereocenters. The first-order valence-corrected chi connectivity index (χ1v) is 7.41. The Bertz CT molecular complexity index is 418. The Labute approximate surface area is 115 Å². The molecule has 2 saturated heterocycles. The molecule has 4 nitrogen and oxygen atoms in total. The highest BCUT2D eigenvalue weighted by molar-refractivity contribution is 5.20. The van der Waals surface area contributed by atoms with Crippen LogP contribution in [0.5, 0.6) is 0 Å². The van der Waals surface area contributed by atoms with Gasteiger partial charge in [-0.05, 0) is 37.9 Å². The van der Waals surface area contributed by atoms with E-state index in [-0.39, 0.29) is 0 Å². The zero-order chi connectivity index (χ0) is 13.2. The molecule has 0 amide bonds. The SMILES string of the molecule is CCNCc1oc(CN2CC3CCC(C2)O3)cc1C. The molecule has 2 fully saturated rings. The summed E-state index contributed by atoms with van der Waals surface area (Å²) in [5, 5.41) is 3.32. The van der Waals surface area contributed by atoms with E-state index in [1.54, 1.807) is 0 Å². The molecule has 0 spiro atoms. The van der Waals surface area contributed by atoms with Gasteiger partial charge in [-0.15, -0.1) is 0 Å². The van der Waals surface area contributed by atoms with E-state index in [9.17, 15) is 0 Å². The Morgan fingerprint density at radius 3 is 2.74 bits per heavy atom. The minimum Gasteiger partial charge on any atom is -0.463 e. The van der Waals surface area contributed by atoms with Crippen LogP contribution in [-0.4, -0.2) is 36.7 Å². The summed E-state index contributed by atoms with van der Waals surface area (Å²) in [7, 11) is 0. The van der Waals surface area contributed by atoms with E-state index in [4.69, 9.17) is 9.15 Å². The van der Waals surface area contributed by atoms with Gasteiger partial charge in [0, 0.05) is 13.1 Å². The second kappa shape index (κ2) is 5.65. The number of nitrogens with zero attached hydrogens (tertiary/aromatic N) is 1. The van der Waals surface area contributed by atoms with Crippen LogP contribution < -0.4 is 5.32 Å². The molecule has 1 aromatic heterocycles. The van der Waals surface area contributed by atoms with Crippen molar-refractivity contribution in [3.05, 3.63) is 23.2 Å². The minimum absolute atomic E-state index is 0.455. The maximum atomic E-state index is 5.97. The third kappa shape index (κ3) is 3.02. The Morgan fingerprint density at radius 2 is 2.05 bits per heavy atom. The van der Waals surface area contributed by atoms with Crippen molar-refractivity contribution in [3.8, 4) is 0 Å². The Balaban J connectivity index is 1.60. The number of fused-ring (bicyclic) bond motifs is 2. The van der Waals surface area contributed by atoms with Crippen LogP contribution in [0, 0.1) is 6.92 Å². The Hall–Kier alpha value is -0.840. The van der Waals surface area contributed by atoms with E-state index < -0.39 is 0 Å². The maximum absolute atomic E-state index is 5.97. The lowest BCUT2D eigenvalue weighted by Gasteiger charge is -2.31. The van der Waals surface area contributed by atoms with Crippen LogP contribution in [0.1, 0.15) is 36.8 Å². The summed E-state index contributed by atoms with van der Waals surface area (Å²) in [5.74, 6) is 2.17. The summed E-state index contributed by atoms with van der Waals surface area (Å²) >= 11 is 0. The number of ether oxygens (including phenoxy) is 1. The van der Waals surface area contributed by atoms with Crippen molar-refractivity contribution < 1.29 is 9.15 Å². The lowest BCUT2D eigenvalue weighted by atomic mass is 10.2. The molecule has 0 saturated carbocycles. The van der Waals surface area contributed by atoms with Gasteiger partial charge in [-0.25, -0.2) is 0 Å². The topological polar surface area (TPSA) is 37.6 Å². The summed E-state index contributed by atoms with van der Waals surface area (Å²) in [6.07, 6.45) is 3.36. The molecule has 2 unspecified atom stereocenters. The van der Waals surface area contributed by atoms with Crippen molar-refractivity contribution in [2.75, 3.05) is 19.6 Å². The van der Waals surface area contributed by atoms with Crippen LogP contribution in [-0.2, 0) is 17.8 Å². The third-order valence-corrected chi connectivity index (χ3v) is 4.11. The lowest BCUT2D eigenvalue weighted by molar-refractivity contribution is -0.0427. The van der Waals surface area contributed by atoms with Crippen LogP contribution in [0.15, 0.2) is 10.5 Å². The second-order valence-corrected chi connectivity index (χ2v) is 5.75. The fraction of sp³-hybridized carbons (Fsp3) is 0.733. The fourth-order valence-corrected chi connectivity index (χ4v) is 3.13. The van der Waals surface area contributed by atoms with E-state index in [0.717, 1.165) is 44.2 Å². The van der Waals surface area contributed by atoms with E-state index in [0.29, 0.717) is 12.2 Å². The summed E-state index contributed by atoms with van der Waals surface area (Å²) in [5.41, 5.74) is 1.26. The van der Waals surface area contributed by atoms with Crippen molar-refractivity contribution in [3.63, 3.8) is 0 Å². The highest BCUT2D eigenvalue weighted by atomic mass is 16.5. The number of hydrogen-bond acceptors (Lipinski definition) is 4. The molecule has 1 aromatic rings. The van der Waals surface area contributed by atoms with E-state index in [1.807, 2.05) is 0 Å². The van der Waals surface area contributed by atoms with Gasteiger partial charge in [0.15, 0.2) is 0 Å². The van der Waals surface area contributed by atoms with Gasteiger partial charge in [-0.1, -0.05) is 6.92 Å². The van der Waals surface area contributed by atoms with Gasteiger partial charge in [-0.2, -0.15) is 0 Å². The largest absolute Gasteiger partial charge is 0.463 e. The number of aryl methyl sites for hydroxylation is 1. The molecule has 2 aliphatic rings. The Kier molecular flexibility index (Phi) is 3.91. The molecule has 0 aliphatic carbocycles. The first kappa shape index (κ1) is 13.2. The molecule has 19 heavy (non-hydrogen) atoms. The van der Waals surface area contributed by atoms with Crippen LogP contribution in [0.2, 0.25) is 0 Å². The number of furan rings is 1. The zero-order valence-electron chi connectivity index (χ0n) is 11.9. The average Bonchev–Trinajstić information content (AvgIpc) is 2.90. The normalized spacial score (nSPS) is 27.1. The predicted octanol–water partition coefficient (Wildman–Crippen LogP) is 2.06. The van der Waals surface area contributed by atoms with E-state index in [1.165, 1.54) is 18.4 Å². The molecule has 106 valence electrons. The number of nitrogens with one attached hydrogen (secondary N) is 1. The number of likely N-dealkylation sites (tertiary alicyclic amines) is 1. The van der Waals surface area contributed by atoms with Crippen molar-refractivity contribution in [2.24, 2.45) is 0 Å². The van der Waals surface area contributed by atoms with E-state index in [2.05, 4.69) is 30.1 Å². The summed E-state index contributed by atoms with van der Waals surface area (Å²) in [4.78, 5) is 2.47. The smallest absolute Gasteiger partial charge is 0.120 e. The van der Waals surface area contributed by atoms with Crippen LogP contribution in [0.3, 0.4) is 0 Å². The van der Waals surface area contributed by atoms with Gasteiger partial charge in [0.2, 0.25) is 0 Å². The van der Waals surface area contributed by atoms with Crippen LogP contribution in [0.25, 0.3) is 0 Å². The molecule has 0 aromatic carbocycles. The number of rotatable bonds is 5. The first-order chi connectivity index (χ1) is 9.24. The quantitative estimate of drug-likeness (QED) is 0.883. The highest BCUT2D eigenvalue weighted by Gasteiger charge is 2.33. The summed E-state index contributed by atoms with van der Waals surface area (Å²) in [6, 6.07) is 2.18. The standard InChI is InChI=1S/C15H24N2O2/c1-3-16-7-15-11(2)6-14(19-15)10-17-8-12-4-5-13(9-17)18-12/h6,12-13,16H,3-5,7-10H2,1-2H3. The third-order valence-electron chi connectivity index (χ3n) is 4.11. The maximum Gasteiger partial charge on any atom is 0.120 e. The van der Waals surface area contributed by atoms with Gasteiger partial charge in [0.05, 0.1) is 25.3 Å². The molecule has 3 rings (SSSR count). The first-order valence-electron chi connectivity index (χ1n) is 7.41. The molecular weight excluding hydrogens is 240 g/mol. The molecular formula is C15H24N2O2. The monoisotopic (exact) mass is 264 g/mol. The van der Waals surface area contributed by atoms with Crippen molar-refractivity contribution in [1.29, 1.82) is 0 Å². The Morgan fingerprint density at radius 1 is 1.32 bits per heavy atom. The lowest BCUT2D eigenvalue weighted by Crippen LogP contribution is -2.41. The van der Waals surface area contributed by atoms with Gasteiger partial charge >= 0.3 is 0 Å². The molecule has 3 heterocycles. The van der Waals surface area contributed by atoms with Gasteiger partial charge in [0.1, 0.15) is 11.5 Å². The van der Waals surface area contributed by atoms with Crippen molar-refractivity contribution >= 4 is 0 Å². The average molecular weight is 264 g/mol. The second-order valence-electron chi connectivity index (χ2n) is 5.75. The number of hydrogen-bond donors (Lipinski definition) is 1. The molecule has 4 heteroatoms. The molecule has 0 radical (unpaired) electrons. The summed E-state index contributed by atoms with van der Waals surface area (Å²) in [6.45, 7) is 9.07. The summed E-state index contributed by atoms with van der Waals surface area (Å²) < 4.78 is 11.8. The van der Waals surface area contributed by atoms with Crippen molar-refractivity contribution in [1.82, 2.24) is 10.2 Å². The molecule has 2 bridgehead atoms. The van der Waals surface area contributed by atoms with Gasteiger partial charge in [-0.3, -0.25) is 4.90 Å². The van der Waals surface area contributed by atoms with Crippen LogP contribution in [0.4, 0.5) is 0 Å². The van der Waals surface area contributed by atoms with Crippen LogP contribution >= 0.6 is 0 Å². The van der Waals surface area contributed by atoms with E-state index >= 15 is 0 Å². The zero-order valence-corrected chi connectivity index (χ0v) is 11.9. The van der Waals surface area contributed by atoms with Gasteiger partial charge < -0.3 is 14.5 Å².